The molecule has 1 saturated carbocycles. The molecule has 0 aliphatic heterocycles. The fourth-order valence-corrected chi connectivity index (χ4v) is 8.03. The van der Waals surface area contributed by atoms with Crippen molar-refractivity contribution in [2.45, 2.75) is 212 Å². The second-order valence-corrected chi connectivity index (χ2v) is 17.8. The minimum atomic E-state index is -4.77. The van der Waals surface area contributed by atoms with Gasteiger partial charge >= 0.3 is 25.7 Å². The van der Waals surface area contributed by atoms with Crippen molar-refractivity contribution in [2.75, 3.05) is 19.8 Å². The Balaban J connectivity index is 2.44. The predicted molar refractivity (Wildman–Crippen MR) is 227 cm³/mol. The number of rotatable bonds is 39. The lowest BCUT2D eigenvalue weighted by molar-refractivity contribution is -0.161. The number of ketones is 1. The van der Waals surface area contributed by atoms with Gasteiger partial charge in [-0.2, -0.15) is 0 Å². The van der Waals surface area contributed by atoms with Gasteiger partial charge in [0.2, 0.25) is 0 Å². The van der Waals surface area contributed by atoms with E-state index in [2.05, 4.69) is 18.4 Å². The van der Waals surface area contributed by atoms with Crippen LogP contribution in [0, 0.1) is 11.8 Å². The van der Waals surface area contributed by atoms with Gasteiger partial charge in [-0.15, -0.1) is 0 Å². The number of hydrogen-bond acceptors (Lipinski definition) is 12. The van der Waals surface area contributed by atoms with Crippen LogP contribution >= 0.6 is 7.82 Å². The Morgan fingerprint density at radius 1 is 0.746 bits per heavy atom. The van der Waals surface area contributed by atoms with Crippen molar-refractivity contribution in [2.24, 2.45) is 17.6 Å². The molecule has 1 rings (SSSR count). The summed E-state index contributed by atoms with van der Waals surface area (Å²) in [6, 6.07) is -1.55. The summed E-state index contributed by atoms with van der Waals surface area (Å²) in [5, 5.41) is 29.6. The first-order chi connectivity index (χ1) is 28.3. The third-order valence-corrected chi connectivity index (χ3v) is 11.9. The van der Waals surface area contributed by atoms with Crippen molar-refractivity contribution >= 4 is 31.5 Å². The Bertz CT molecular complexity index is 1220. The van der Waals surface area contributed by atoms with E-state index in [0.717, 1.165) is 51.4 Å². The van der Waals surface area contributed by atoms with Gasteiger partial charge in [-0.1, -0.05) is 154 Å². The van der Waals surface area contributed by atoms with Gasteiger partial charge in [0.05, 0.1) is 25.4 Å². The van der Waals surface area contributed by atoms with Crippen LogP contribution in [0.5, 0.6) is 0 Å². The summed E-state index contributed by atoms with van der Waals surface area (Å²) in [5.74, 6) is -3.15. The summed E-state index contributed by atoms with van der Waals surface area (Å²) in [7, 11) is -4.77. The first-order valence-corrected chi connectivity index (χ1v) is 24.3. The van der Waals surface area contributed by atoms with Crippen molar-refractivity contribution < 1.29 is 62.5 Å². The lowest BCUT2D eigenvalue weighted by atomic mass is 9.88. The minimum Gasteiger partial charge on any atom is -0.480 e. The number of Topliss-reactive ketones (excluding diaryl/α,β-unsaturated/α-hetero) is 1. The second kappa shape index (κ2) is 34.4. The number of nitrogens with two attached hydrogens (primary N) is 1. The number of carboxylic acids is 1. The van der Waals surface area contributed by atoms with Crippen molar-refractivity contribution in [1.29, 1.82) is 0 Å². The molecule has 0 amide bonds. The van der Waals surface area contributed by atoms with Crippen LogP contribution in [0.2, 0.25) is 0 Å². The van der Waals surface area contributed by atoms with Crippen molar-refractivity contribution in [3.05, 3.63) is 12.2 Å². The van der Waals surface area contributed by atoms with Crippen LogP contribution in [0.4, 0.5) is 0 Å². The topological polar surface area (TPSA) is 229 Å². The van der Waals surface area contributed by atoms with E-state index in [1.54, 1.807) is 12.2 Å². The monoisotopic (exact) mass is 862 g/mol. The van der Waals surface area contributed by atoms with E-state index >= 15 is 0 Å². The number of phosphoric acid groups is 1. The highest BCUT2D eigenvalue weighted by Crippen LogP contribution is 2.43. The first-order valence-electron chi connectivity index (χ1n) is 22.8. The van der Waals surface area contributed by atoms with Crippen LogP contribution in [0.1, 0.15) is 187 Å². The number of carbonyl (C=O) groups excluding carboxylic acids is 3. The summed E-state index contributed by atoms with van der Waals surface area (Å²) in [5.41, 5.74) is 5.33. The van der Waals surface area contributed by atoms with Gasteiger partial charge in [-0.3, -0.25) is 28.2 Å². The molecule has 0 aromatic carbocycles. The van der Waals surface area contributed by atoms with Gasteiger partial charge in [-0.05, 0) is 25.7 Å². The van der Waals surface area contributed by atoms with Crippen LogP contribution < -0.4 is 5.73 Å². The van der Waals surface area contributed by atoms with Crippen LogP contribution in [-0.4, -0.2) is 88.1 Å². The van der Waals surface area contributed by atoms with E-state index < -0.39 is 69.9 Å². The molecule has 15 heteroatoms. The van der Waals surface area contributed by atoms with Crippen LogP contribution in [0.25, 0.3) is 0 Å². The Labute approximate surface area is 354 Å². The predicted octanol–water partition coefficient (Wildman–Crippen LogP) is 8.65. The molecule has 0 aromatic rings. The third kappa shape index (κ3) is 28.9. The van der Waals surface area contributed by atoms with Crippen LogP contribution in [0.15, 0.2) is 12.2 Å². The van der Waals surface area contributed by atoms with Crippen molar-refractivity contribution in [1.82, 2.24) is 0 Å². The quantitative estimate of drug-likeness (QED) is 0.0169. The molecule has 6 N–H and O–H groups in total. The van der Waals surface area contributed by atoms with E-state index in [1.165, 1.54) is 70.6 Å². The first kappa shape index (κ1) is 54.8. The summed E-state index contributed by atoms with van der Waals surface area (Å²) < 4.78 is 32.7. The van der Waals surface area contributed by atoms with Crippen molar-refractivity contribution in [3.8, 4) is 0 Å². The average molecular weight is 862 g/mol. The highest BCUT2D eigenvalue weighted by Gasteiger charge is 2.39. The van der Waals surface area contributed by atoms with E-state index in [4.69, 9.17) is 24.8 Å². The zero-order valence-electron chi connectivity index (χ0n) is 36.3. The average Bonchev–Trinajstić information content (AvgIpc) is 3.47. The summed E-state index contributed by atoms with van der Waals surface area (Å²) >= 11 is 0. The molecule has 0 heterocycles. The van der Waals surface area contributed by atoms with E-state index in [0.29, 0.717) is 32.1 Å². The molecular weight excluding hydrogens is 781 g/mol. The van der Waals surface area contributed by atoms with E-state index in [9.17, 15) is 38.8 Å². The smallest absolute Gasteiger partial charge is 0.472 e. The Kier molecular flexibility index (Phi) is 32.0. The molecule has 0 radical (unpaired) electrons. The number of unbranched alkanes of at least 4 members (excludes halogenated alkanes) is 19. The Morgan fingerprint density at radius 3 is 1.80 bits per heavy atom. The molecule has 59 heavy (non-hydrogen) atoms. The summed E-state index contributed by atoms with van der Waals surface area (Å²) in [4.78, 5) is 58.8. The lowest BCUT2D eigenvalue weighted by Crippen LogP contribution is -2.34. The molecule has 7 atom stereocenters. The SMILES string of the molecule is CCCCCCCCCCCCCCCCCC(=O)O[C@H](COC(=O)CCCCCC[C@H]1C(=O)C[C@@H](O)[C@@H]1/C=C/[C@@H](O)CCCCC)COP(=O)(O)OC[C@H](N)C(=O)O. The number of carboxylic acid groups (broad SMARTS) is 1. The maximum Gasteiger partial charge on any atom is 0.472 e. The number of aliphatic carboxylic acids is 1. The van der Waals surface area contributed by atoms with Crippen LogP contribution in [0.3, 0.4) is 0 Å². The van der Waals surface area contributed by atoms with Gasteiger partial charge in [0.15, 0.2) is 6.10 Å². The number of aliphatic hydroxyl groups excluding tert-OH is 2. The molecular formula is C44H80NO13P. The van der Waals surface area contributed by atoms with Gasteiger partial charge < -0.3 is 35.4 Å². The Hall–Kier alpha value is -2.19. The third-order valence-electron chi connectivity index (χ3n) is 10.9. The summed E-state index contributed by atoms with van der Waals surface area (Å²) in [6.45, 7) is 2.48. The zero-order chi connectivity index (χ0) is 43.7. The largest absolute Gasteiger partial charge is 0.480 e. The number of aliphatic hydroxyl groups is 2. The maximum absolute atomic E-state index is 12.7. The highest BCUT2D eigenvalue weighted by atomic mass is 31.2. The molecule has 1 unspecified atom stereocenters. The van der Waals surface area contributed by atoms with E-state index in [1.807, 2.05) is 0 Å². The van der Waals surface area contributed by atoms with Crippen LogP contribution in [-0.2, 0) is 42.3 Å². The molecule has 1 aliphatic rings. The fraction of sp³-hybridized carbons (Fsp3) is 0.864. The minimum absolute atomic E-state index is 0.0261. The number of carbonyl (C=O) groups is 4. The highest BCUT2D eigenvalue weighted by molar-refractivity contribution is 7.47. The molecule has 0 aromatic heterocycles. The fourth-order valence-electron chi connectivity index (χ4n) is 7.26. The van der Waals surface area contributed by atoms with Gasteiger partial charge in [-0.25, -0.2) is 4.57 Å². The molecule has 0 spiro atoms. The molecule has 0 bridgehead atoms. The van der Waals surface area contributed by atoms with Gasteiger partial charge in [0.25, 0.3) is 0 Å². The maximum atomic E-state index is 12.7. The number of phosphoric ester groups is 1. The number of hydrogen-bond donors (Lipinski definition) is 5. The number of esters is 2. The molecule has 14 nitrogen and oxygen atoms in total. The molecule has 1 aliphatic carbocycles. The standard InChI is InChI=1S/C44H80NO13P/c1-3-5-7-8-9-10-11-12-13-14-15-16-17-18-24-28-43(50)58-36(33-56-59(53,54)57-34-39(45)44(51)52)32-55-42(49)27-23-20-19-22-26-37-38(41(48)31-40(37)47)30-29-35(46)25-21-6-4-2/h29-30,35-39,41,46,48H,3-28,31-34,45H2,1-2H3,(H,51,52)(H,53,54)/b30-29+/t35-,36+,37+,38+,39-,41+/m0/s1. The zero-order valence-corrected chi connectivity index (χ0v) is 37.2. The second-order valence-electron chi connectivity index (χ2n) is 16.3. The van der Waals surface area contributed by atoms with Gasteiger partial charge in [0.1, 0.15) is 18.4 Å². The van der Waals surface area contributed by atoms with E-state index in [-0.39, 0.29) is 36.9 Å². The molecule has 0 saturated heterocycles. The Morgan fingerprint density at radius 2 is 1.24 bits per heavy atom. The normalized spacial score (nSPS) is 19.4. The molecule has 1 fully saturated rings. The lowest BCUT2D eigenvalue weighted by Gasteiger charge is -2.20. The summed E-state index contributed by atoms with van der Waals surface area (Å²) in [6.07, 6.45) is 26.0. The number of ether oxygens (including phenoxy) is 2. The van der Waals surface area contributed by atoms with Gasteiger partial charge in [0, 0.05) is 31.1 Å². The van der Waals surface area contributed by atoms with Crippen molar-refractivity contribution in [3.63, 3.8) is 0 Å². The molecule has 344 valence electrons.